The van der Waals surface area contributed by atoms with E-state index in [9.17, 15) is 14.7 Å². The molecule has 0 radical (unpaired) electrons. The molecule has 3 N–H and O–H groups in total. The van der Waals surface area contributed by atoms with Crippen LogP contribution in [0.5, 0.6) is 11.5 Å². The van der Waals surface area contributed by atoms with Crippen molar-refractivity contribution in [1.82, 2.24) is 18.6 Å². The molecule has 2 heterocycles. The number of fused-ring (bicyclic) bond motifs is 2. The molecule has 0 bridgehead atoms. The van der Waals surface area contributed by atoms with E-state index in [1.165, 1.54) is 7.11 Å². The molecule has 0 aliphatic carbocycles. The summed E-state index contributed by atoms with van der Waals surface area (Å²) >= 11 is 1.13. The number of ether oxygens (including phenoxy) is 2. The fourth-order valence-corrected chi connectivity index (χ4v) is 5.28. The number of carbonyl (C=O) groups excluding carboxylic acids is 1. The first kappa shape index (κ1) is 26.9. The van der Waals surface area contributed by atoms with Crippen molar-refractivity contribution in [3.05, 3.63) is 65.9 Å². The Labute approximate surface area is 234 Å². The molecule has 0 unspecified atom stereocenters. The highest BCUT2D eigenvalue weighted by Gasteiger charge is 2.26. The molecular weight excluding hydrogens is 530 g/mol. The molecule has 0 fully saturated rings. The summed E-state index contributed by atoms with van der Waals surface area (Å²) in [5.74, 6) is -0.0451. The van der Waals surface area contributed by atoms with Gasteiger partial charge in [-0.05, 0) is 54.4 Å². The van der Waals surface area contributed by atoms with Crippen molar-refractivity contribution in [1.29, 1.82) is 0 Å². The number of amides is 2. The number of hydrogen-bond acceptors (Lipinski definition) is 7. The number of anilines is 1. The number of urea groups is 1. The average Bonchev–Trinajstić information content (AvgIpc) is 3.55. The molecule has 0 aliphatic heterocycles. The first-order valence-electron chi connectivity index (χ1n) is 12.8. The van der Waals surface area contributed by atoms with E-state index < -0.39 is 5.97 Å². The van der Waals surface area contributed by atoms with Gasteiger partial charge < -0.3 is 29.8 Å². The molecule has 2 amide bonds. The molecular formula is C29H29N5O5S. The lowest BCUT2D eigenvalue weighted by molar-refractivity contribution is 0.0687. The number of carboxylic acid groups (broad SMARTS) is 1. The molecule has 10 nitrogen and oxygen atoms in total. The van der Waals surface area contributed by atoms with E-state index in [1.54, 1.807) is 42.0 Å². The molecule has 0 saturated carbocycles. The van der Waals surface area contributed by atoms with Crippen LogP contribution in [0.1, 0.15) is 35.8 Å². The number of benzene rings is 3. The highest BCUT2D eigenvalue weighted by molar-refractivity contribution is 7.00. The summed E-state index contributed by atoms with van der Waals surface area (Å²) < 4.78 is 21.4. The van der Waals surface area contributed by atoms with Crippen LogP contribution in [0.2, 0.25) is 0 Å². The van der Waals surface area contributed by atoms with Gasteiger partial charge in [-0.3, -0.25) is 0 Å². The van der Waals surface area contributed by atoms with Crippen molar-refractivity contribution in [2.75, 3.05) is 26.1 Å². The molecule has 2 aromatic heterocycles. The zero-order valence-electron chi connectivity index (χ0n) is 22.4. The van der Waals surface area contributed by atoms with E-state index in [0.29, 0.717) is 45.8 Å². The van der Waals surface area contributed by atoms with Gasteiger partial charge >= 0.3 is 12.0 Å². The summed E-state index contributed by atoms with van der Waals surface area (Å²) in [6.45, 7) is 2.91. The summed E-state index contributed by atoms with van der Waals surface area (Å²) in [6.07, 6.45) is 1.85. The zero-order chi connectivity index (χ0) is 28.2. The number of carboxylic acids is 1. The quantitative estimate of drug-likeness (QED) is 0.179. The minimum absolute atomic E-state index is 0.0968. The molecule has 5 aromatic rings. The van der Waals surface area contributed by atoms with Crippen LogP contribution in [0.3, 0.4) is 0 Å². The zero-order valence-corrected chi connectivity index (χ0v) is 23.2. The third kappa shape index (κ3) is 5.28. The molecule has 0 aliphatic rings. The lowest BCUT2D eigenvalue weighted by Crippen LogP contribution is -2.29. The topological polar surface area (TPSA) is 128 Å². The molecule has 206 valence electrons. The maximum atomic E-state index is 12.9. The second-order valence-electron chi connectivity index (χ2n) is 9.23. The summed E-state index contributed by atoms with van der Waals surface area (Å²) in [5.41, 5.74) is 4.83. The van der Waals surface area contributed by atoms with Crippen molar-refractivity contribution >= 4 is 51.4 Å². The largest absolute Gasteiger partial charge is 0.497 e. The Kier molecular flexibility index (Phi) is 7.83. The standard InChI is InChI=1S/C29H29N5O5S/c1-4-5-12-30-29(37)31-18-7-11-24-21(14-18)26(20-9-8-19(38-2)15-25(20)39-3)27(28(35)36)34(24)16-17-6-10-22-23(13-17)33-40-32-22/h6-11,13-15H,4-5,12,16H2,1-3H3,(H,35,36)(H2,30,31,37). The smallest absolute Gasteiger partial charge is 0.353 e. The van der Waals surface area contributed by atoms with Crippen LogP contribution in [0.25, 0.3) is 33.1 Å². The summed E-state index contributed by atoms with van der Waals surface area (Å²) in [4.78, 5) is 25.4. The second kappa shape index (κ2) is 11.6. The van der Waals surface area contributed by atoms with Gasteiger partial charge in [-0.2, -0.15) is 8.75 Å². The highest BCUT2D eigenvalue weighted by atomic mass is 32.1. The summed E-state index contributed by atoms with van der Waals surface area (Å²) in [5, 5.41) is 16.9. The van der Waals surface area contributed by atoms with E-state index in [4.69, 9.17) is 9.47 Å². The Morgan fingerprint density at radius 1 is 1.00 bits per heavy atom. The summed E-state index contributed by atoms with van der Waals surface area (Å²) in [6, 6.07) is 16.1. The Bertz CT molecular complexity index is 1710. The second-order valence-corrected chi connectivity index (χ2v) is 9.76. The van der Waals surface area contributed by atoms with Gasteiger partial charge in [-0.15, -0.1) is 0 Å². The Balaban J connectivity index is 1.69. The number of nitrogens with one attached hydrogen (secondary N) is 2. The third-order valence-electron chi connectivity index (χ3n) is 6.68. The van der Waals surface area contributed by atoms with Crippen LogP contribution in [0.15, 0.2) is 54.6 Å². The molecule has 5 rings (SSSR count). The number of unbranched alkanes of at least 4 members (excludes halogenated alkanes) is 1. The van der Waals surface area contributed by atoms with Gasteiger partial charge in [0.2, 0.25) is 0 Å². The van der Waals surface area contributed by atoms with Gasteiger partial charge in [-0.25, -0.2) is 9.59 Å². The molecule has 0 saturated heterocycles. The lowest BCUT2D eigenvalue weighted by atomic mass is 10.00. The van der Waals surface area contributed by atoms with E-state index in [1.807, 2.05) is 24.3 Å². The van der Waals surface area contributed by atoms with Crippen LogP contribution in [0.4, 0.5) is 10.5 Å². The van der Waals surface area contributed by atoms with Crippen LogP contribution in [0, 0.1) is 0 Å². The SMILES string of the molecule is CCCCNC(=O)Nc1ccc2c(c1)c(-c1ccc(OC)cc1OC)c(C(=O)O)n2Cc1ccc2nsnc2c1. The van der Waals surface area contributed by atoms with E-state index >= 15 is 0 Å². The first-order chi connectivity index (χ1) is 19.4. The molecule has 3 aromatic carbocycles. The van der Waals surface area contributed by atoms with Crippen LogP contribution in [-0.2, 0) is 6.54 Å². The van der Waals surface area contributed by atoms with E-state index in [0.717, 1.165) is 41.2 Å². The Morgan fingerprint density at radius 2 is 1.82 bits per heavy atom. The Morgan fingerprint density at radius 3 is 2.58 bits per heavy atom. The van der Waals surface area contributed by atoms with Gasteiger partial charge in [-0.1, -0.05) is 19.4 Å². The van der Waals surface area contributed by atoms with Crippen molar-refractivity contribution in [3.8, 4) is 22.6 Å². The van der Waals surface area contributed by atoms with Gasteiger partial charge in [0.15, 0.2) is 0 Å². The van der Waals surface area contributed by atoms with Gasteiger partial charge in [0.05, 0.1) is 25.9 Å². The predicted octanol–water partition coefficient (Wildman–Crippen LogP) is 6.00. The number of rotatable bonds is 10. The number of carbonyl (C=O) groups is 2. The van der Waals surface area contributed by atoms with Gasteiger partial charge in [0.25, 0.3) is 0 Å². The van der Waals surface area contributed by atoms with Crippen molar-refractivity contribution in [2.24, 2.45) is 0 Å². The minimum Gasteiger partial charge on any atom is -0.497 e. The van der Waals surface area contributed by atoms with Crippen molar-refractivity contribution in [3.63, 3.8) is 0 Å². The summed E-state index contributed by atoms with van der Waals surface area (Å²) in [7, 11) is 3.09. The highest BCUT2D eigenvalue weighted by Crippen LogP contribution is 2.42. The average molecular weight is 560 g/mol. The molecule has 0 spiro atoms. The predicted molar refractivity (Wildman–Crippen MR) is 156 cm³/mol. The number of aromatic carboxylic acids is 1. The molecule has 11 heteroatoms. The number of nitrogens with zero attached hydrogens (tertiary/aromatic N) is 3. The number of methoxy groups -OCH3 is 2. The van der Waals surface area contributed by atoms with E-state index in [-0.39, 0.29) is 18.3 Å². The monoisotopic (exact) mass is 559 g/mol. The maximum Gasteiger partial charge on any atom is 0.353 e. The Hall–Kier alpha value is -4.64. The van der Waals surface area contributed by atoms with Crippen molar-refractivity contribution in [2.45, 2.75) is 26.3 Å². The minimum atomic E-state index is -1.09. The van der Waals surface area contributed by atoms with Gasteiger partial charge in [0, 0.05) is 46.9 Å². The fourth-order valence-electron chi connectivity index (χ4n) is 4.76. The van der Waals surface area contributed by atoms with Crippen LogP contribution < -0.4 is 20.1 Å². The molecule has 0 atom stereocenters. The number of aromatic nitrogens is 3. The lowest BCUT2D eigenvalue weighted by Gasteiger charge is -2.12. The van der Waals surface area contributed by atoms with Gasteiger partial charge in [0.1, 0.15) is 28.2 Å². The first-order valence-corrected chi connectivity index (χ1v) is 13.5. The fraction of sp³-hybridized carbons (Fsp3) is 0.241. The van der Waals surface area contributed by atoms with Crippen LogP contribution >= 0.6 is 11.7 Å². The third-order valence-corrected chi connectivity index (χ3v) is 7.23. The van der Waals surface area contributed by atoms with E-state index in [2.05, 4.69) is 26.3 Å². The number of hydrogen-bond donors (Lipinski definition) is 3. The molecule has 40 heavy (non-hydrogen) atoms. The maximum absolute atomic E-state index is 12.9. The van der Waals surface area contributed by atoms with Crippen molar-refractivity contribution < 1.29 is 24.2 Å². The normalized spacial score (nSPS) is 11.1. The van der Waals surface area contributed by atoms with Crippen LogP contribution in [-0.4, -0.2) is 51.2 Å².